The van der Waals surface area contributed by atoms with Gasteiger partial charge in [0.1, 0.15) is 5.01 Å². The molecule has 1 aromatic heterocycles. The maximum absolute atomic E-state index is 5.59. The third-order valence-corrected chi connectivity index (χ3v) is 2.79. The van der Waals surface area contributed by atoms with E-state index in [2.05, 4.69) is 4.98 Å². The Morgan fingerprint density at radius 3 is 2.46 bits per heavy atom. The van der Waals surface area contributed by atoms with Gasteiger partial charge >= 0.3 is 0 Å². The predicted molar refractivity (Wildman–Crippen MR) is 56.7 cm³/mol. The quantitative estimate of drug-likeness (QED) is 0.702. The molecule has 2 rings (SSSR count). The number of hydrogen-bond donors (Lipinski definition) is 1. The average molecular weight is 190 g/mol. The molecule has 3 heteroatoms. The standard InChI is InChI=1S/C10H10N2S/c1-7-6-13-10(12-7)8-2-4-9(11)5-3-8/h2-6H,11H2,1H3. The van der Waals surface area contributed by atoms with Gasteiger partial charge in [0.25, 0.3) is 0 Å². The zero-order valence-corrected chi connectivity index (χ0v) is 8.14. The number of rotatable bonds is 1. The number of thiazole rings is 1. The summed E-state index contributed by atoms with van der Waals surface area (Å²) in [6.07, 6.45) is 0. The molecule has 0 fully saturated rings. The monoisotopic (exact) mass is 190 g/mol. The zero-order valence-electron chi connectivity index (χ0n) is 7.32. The number of nitrogens with zero attached hydrogens (tertiary/aromatic N) is 1. The van der Waals surface area contributed by atoms with Gasteiger partial charge in [0.05, 0.1) is 0 Å². The van der Waals surface area contributed by atoms with Crippen molar-refractivity contribution in [1.82, 2.24) is 4.98 Å². The lowest BCUT2D eigenvalue weighted by Crippen LogP contribution is -1.83. The first kappa shape index (κ1) is 8.26. The van der Waals surface area contributed by atoms with E-state index in [0.29, 0.717) is 0 Å². The van der Waals surface area contributed by atoms with Gasteiger partial charge in [0, 0.05) is 22.3 Å². The van der Waals surface area contributed by atoms with Crippen LogP contribution in [-0.2, 0) is 0 Å². The van der Waals surface area contributed by atoms with Crippen molar-refractivity contribution in [3.63, 3.8) is 0 Å². The molecule has 2 aromatic rings. The molecule has 0 bridgehead atoms. The van der Waals surface area contributed by atoms with Crippen LogP contribution in [0.2, 0.25) is 0 Å². The van der Waals surface area contributed by atoms with Crippen molar-refractivity contribution < 1.29 is 0 Å². The summed E-state index contributed by atoms with van der Waals surface area (Å²) < 4.78 is 0. The zero-order chi connectivity index (χ0) is 9.26. The summed E-state index contributed by atoms with van der Waals surface area (Å²) in [6.45, 7) is 2.00. The fourth-order valence-electron chi connectivity index (χ4n) is 1.11. The Hall–Kier alpha value is -1.35. The molecule has 0 radical (unpaired) electrons. The lowest BCUT2D eigenvalue weighted by atomic mass is 10.2. The van der Waals surface area contributed by atoms with Gasteiger partial charge in [-0.25, -0.2) is 4.98 Å². The van der Waals surface area contributed by atoms with E-state index in [1.807, 2.05) is 36.6 Å². The predicted octanol–water partition coefficient (Wildman–Crippen LogP) is 2.70. The van der Waals surface area contributed by atoms with Crippen LogP contribution < -0.4 is 5.73 Å². The Kier molecular flexibility index (Phi) is 2.02. The van der Waals surface area contributed by atoms with Crippen molar-refractivity contribution in [3.8, 4) is 10.6 Å². The van der Waals surface area contributed by atoms with Crippen LogP contribution in [0.1, 0.15) is 5.69 Å². The second kappa shape index (κ2) is 3.18. The van der Waals surface area contributed by atoms with Gasteiger partial charge in [-0.05, 0) is 31.2 Å². The van der Waals surface area contributed by atoms with E-state index < -0.39 is 0 Å². The van der Waals surface area contributed by atoms with E-state index in [1.54, 1.807) is 11.3 Å². The first-order chi connectivity index (χ1) is 6.25. The minimum atomic E-state index is 0.789. The summed E-state index contributed by atoms with van der Waals surface area (Å²) in [5.74, 6) is 0. The molecule has 0 amide bonds. The molecule has 2 N–H and O–H groups in total. The molecule has 0 aliphatic carbocycles. The third kappa shape index (κ3) is 1.70. The van der Waals surface area contributed by atoms with E-state index >= 15 is 0 Å². The van der Waals surface area contributed by atoms with Gasteiger partial charge in [-0.3, -0.25) is 0 Å². The van der Waals surface area contributed by atoms with Gasteiger partial charge in [-0.15, -0.1) is 11.3 Å². The van der Waals surface area contributed by atoms with Crippen molar-refractivity contribution in [2.24, 2.45) is 0 Å². The Morgan fingerprint density at radius 1 is 1.23 bits per heavy atom. The van der Waals surface area contributed by atoms with Crippen molar-refractivity contribution in [1.29, 1.82) is 0 Å². The Morgan fingerprint density at radius 2 is 1.92 bits per heavy atom. The van der Waals surface area contributed by atoms with Crippen LogP contribution in [0.25, 0.3) is 10.6 Å². The molecule has 0 unspecified atom stereocenters. The highest BCUT2D eigenvalue weighted by atomic mass is 32.1. The normalized spacial score (nSPS) is 10.2. The fraction of sp³-hybridized carbons (Fsp3) is 0.100. The van der Waals surface area contributed by atoms with Crippen LogP contribution >= 0.6 is 11.3 Å². The van der Waals surface area contributed by atoms with Crippen molar-refractivity contribution in [2.45, 2.75) is 6.92 Å². The first-order valence-corrected chi connectivity index (χ1v) is 4.92. The third-order valence-electron chi connectivity index (χ3n) is 1.78. The summed E-state index contributed by atoms with van der Waals surface area (Å²) in [5, 5.41) is 3.10. The number of nitrogen functional groups attached to an aromatic ring is 1. The van der Waals surface area contributed by atoms with Gasteiger partial charge in [-0.1, -0.05) is 0 Å². The largest absolute Gasteiger partial charge is 0.399 e. The van der Waals surface area contributed by atoms with Crippen LogP contribution in [-0.4, -0.2) is 4.98 Å². The Balaban J connectivity index is 2.41. The molecule has 0 saturated carbocycles. The summed E-state index contributed by atoms with van der Waals surface area (Å²) in [5.41, 5.74) is 8.58. The molecule has 2 nitrogen and oxygen atoms in total. The molecule has 66 valence electrons. The molecule has 0 aliphatic heterocycles. The van der Waals surface area contributed by atoms with Crippen LogP contribution in [0.5, 0.6) is 0 Å². The van der Waals surface area contributed by atoms with Gasteiger partial charge < -0.3 is 5.73 Å². The second-order valence-electron chi connectivity index (χ2n) is 2.92. The van der Waals surface area contributed by atoms with Gasteiger partial charge in [0.15, 0.2) is 0 Å². The SMILES string of the molecule is Cc1csc(-c2ccc(N)cc2)n1. The topological polar surface area (TPSA) is 38.9 Å². The minimum absolute atomic E-state index is 0.789. The van der Waals surface area contributed by atoms with Crippen molar-refractivity contribution in [3.05, 3.63) is 35.3 Å². The summed E-state index contributed by atoms with van der Waals surface area (Å²) in [7, 11) is 0. The van der Waals surface area contributed by atoms with Crippen LogP contribution in [0.3, 0.4) is 0 Å². The number of nitrogens with two attached hydrogens (primary N) is 1. The maximum atomic E-state index is 5.59. The highest BCUT2D eigenvalue weighted by Crippen LogP contribution is 2.23. The minimum Gasteiger partial charge on any atom is -0.399 e. The molecule has 1 heterocycles. The molecule has 13 heavy (non-hydrogen) atoms. The van der Waals surface area contributed by atoms with Gasteiger partial charge in [0.2, 0.25) is 0 Å². The first-order valence-electron chi connectivity index (χ1n) is 4.04. The molecule has 0 spiro atoms. The molecular weight excluding hydrogens is 180 g/mol. The number of benzene rings is 1. The van der Waals surface area contributed by atoms with E-state index in [9.17, 15) is 0 Å². The van der Waals surface area contributed by atoms with Crippen LogP contribution in [0.15, 0.2) is 29.6 Å². The summed E-state index contributed by atoms with van der Waals surface area (Å²) in [4.78, 5) is 4.39. The van der Waals surface area contributed by atoms with Crippen LogP contribution in [0.4, 0.5) is 5.69 Å². The Labute approximate surface area is 81.1 Å². The highest BCUT2D eigenvalue weighted by molar-refractivity contribution is 7.13. The fourth-order valence-corrected chi connectivity index (χ4v) is 1.92. The number of hydrogen-bond acceptors (Lipinski definition) is 3. The van der Waals surface area contributed by atoms with E-state index in [-0.39, 0.29) is 0 Å². The lowest BCUT2D eigenvalue weighted by molar-refractivity contribution is 1.27. The van der Waals surface area contributed by atoms with Crippen molar-refractivity contribution in [2.75, 3.05) is 5.73 Å². The van der Waals surface area contributed by atoms with E-state index in [1.165, 1.54) is 0 Å². The molecule has 0 saturated heterocycles. The number of aromatic nitrogens is 1. The second-order valence-corrected chi connectivity index (χ2v) is 3.77. The number of aryl methyl sites for hydroxylation is 1. The van der Waals surface area contributed by atoms with E-state index in [4.69, 9.17) is 5.73 Å². The highest BCUT2D eigenvalue weighted by Gasteiger charge is 2.00. The molecule has 0 aliphatic rings. The average Bonchev–Trinajstić information content (AvgIpc) is 2.53. The molecule has 0 atom stereocenters. The van der Waals surface area contributed by atoms with Crippen LogP contribution in [0, 0.1) is 6.92 Å². The maximum Gasteiger partial charge on any atom is 0.123 e. The summed E-state index contributed by atoms with van der Waals surface area (Å²) in [6, 6.07) is 7.78. The summed E-state index contributed by atoms with van der Waals surface area (Å²) >= 11 is 1.66. The van der Waals surface area contributed by atoms with E-state index in [0.717, 1.165) is 22.0 Å². The molecular formula is C10H10N2S. The lowest BCUT2D eigenvalue weighted by Gasteiger charge is -1.96. The van der Waals surface area contributed by atoms with Crippen molar-refractivity contribution >= 4 is 17.0 Å². The smallest absolute Gasteiger partial charge is 0.123 e. The van der Waals surface area contributed by atoms with Gasteiger partial charge in [-0.2, -0.15) is 0 Å². The number of anilines is 1. The molecule has 1 aromatic carbocycles. The Bertz CT molecular complexity index is 403.